The molecular weight excluding hydrogens is 344 g/mol. The summed E-state index contributed by atoms with van der Waals surface area (Å²) in [6, 6.07) is 5.18. The predicted octanol–water partition coefficient (Wildman–Crippen LogP) is -0.114. The fraction of sp³-hybridized carbons (Fsp3) is 0.250. The molecule has 0 radical (unpaired) electrons. The number of hydrogen-bond donors (Lipinski definition) is 5. The van der Waals surface area contributed by atoms with Crippen molar-refractivity contribution in [2.45, 2.75) is 0 Å². The molecule has 0 fully saturated rings. The third-order valence-electron chi connectivity index (χ3n) is 3.54. The summed E-state index contributed by atoms with van der Waals surface area (Å²) in [4.78, 5) is 31.8. The number of benzene rings is 1. The van der Waals surface area contributed by atoms with Crippen LogP contribution in [0.3, 0.4) is 0 Å². The third-order valence-corrected chi connectivity index (χ3v) is 3.54. The number of anilines is 2. The van der Waals surface area contributed by atoms with Crippen LogP contribution < -0.4 is 10.2 Å². The number of aliphatic hydroxyl groups excluding tert-OH is 2. The first-order valence-corrected chi connectivity index (χ1v) is 7.62. The molecule has 2 rings (SSSR count). The van der Waals surface area contributed by atoms with Crippen molar-refractivity contribution in [3.8, 4) is 0 Å². The summed E-state index contributed by atoms with van der Waals surface area (Å²) in [7, 11) is 0. The topological polar surface area (TPSA) is 156 Å². The normalized spacial score (nSPS) is 10.4. The molecule has 0 amide bonds. The van der Waals surface area contributed by atoms with E-state index in [-0.39, 0.29) is 19.0 Å². The van der Waals surface area contributed by atoms with E-state index in [1.54, 1.807) is 23.1 Å². The van der Waals surface area contributed by atoms with Gasteiger partial charge in [-0.05, 0) is 18.2 Å². The summed E-state index contributed by atoms with van der Waals surface area (Å²) in [6.07, 6.45) is 2.11. The van der Waals surface area contributed by atoms with Gasteiger partial charge in [-0.2, -0.15) is 0 Å². The van der Waals surface area contributed by atoms with E-state index in [4.69, 9.17) is 20.4 Å². The average Bonchev–Trinajstić information content (AvgIpc) is 2.61. The number of nitrogens with zero attached hydrogens (tertiary/aromatic N) is 3. The molecule has 0 unspecified atom stereocenters. The van der Waals surface area contributed by atoms with E-state index in [1.165, 1.54) is 6.33 Å². The van der Waals surface area contributed by atoms with E-state index in [0.29, 0.717) is 29.7 Å². The van der Waals surface area contributed by atoms with Gasteiger partial charge in [0.05, 0.1) is 18.7 Å². The average molecular weight is 362 g/mol. The molecule has 0 saturated heterocycles. The minimum atomic E-state index is -1.58. The highest BCUT2D eigenvalue weighted by Crippen LogP contribution is 2.25. The summed E-state index contributed by atoms with van der Waals surface area (Å²) >= 11 is 0. The highest BCUT2D eigenvalue weighted by molar-refractivity contribution is 6.12. The van der Waals surface area contributed by atoms with E-state index < -0.39 is 17.5 Å². The van der Waals surface area contributed by atoms with E-state index in [9.17, 15) is 9.59 Å². The van der Waals surface area contributed by atoms with Crippen molar-refractivity contribution in [2.24, 2.45) is 0 Å². The smallest absolute Gasteiger partial charge is 0.344 e. The van der Waals surface area contributed by atoms with Gasteiger partial charge in [-0.15, -0.1) is 0 Å². The van der Waals surface area contributed by atoms with Gasteiger partial charge in [0.25, 0.3) is 0 Å². The van der Waals surface area contributed by atoms with Gasteiger partial charge in [0.15, 0.2) is 5.57 Å². The molecule has 0 atom stereocenters. The Hall–Kier alpha value is -3.24. The molecule has 5 N–H and O–H groups in total. The monoisotopic (exact) mass is 362 g/mol. The molecule has 1 aromatic carbocycles. The Bertz CT molecular complexity index is 817. The summed E-state index contributed by atoms with van der Waals surface area (Å²) < 4.78 is 0. The second-order valence-electron chi connectivity index (χ2n) is 5.17. The Morgan fingerprint density at radius 3 is 2.31 bits per heavy atom. The maximum Gasteiger partial charge on any atom is 0.344 e. The van der Waals surface area contributed by atoms with Gasteiger partial charge in [-0.3, -0.25) is 0 Å². The molecule has 0 aliphatic rings. The number of rotatable bonds is 9. The maximum atomic E-state index is 10.9. The van der Waals surface area contributed by atoms with Crippen LogP contribution in [-0.2, 0) is 9.59 Å². The van der Waals surface area contributed by atoms with Crippen molar-refractivity contribution in [1.82, 2.24) is 9.97 Å². The standard InChI is InChI=1S/C16H18N4O6/c21-5-3-20(4-6-22)10-1-2-13-11(7-10)14(19-9-18-13)17-8-12(15(23)24)16(25)26/h1-2,7-9,21-22H,3-6H2,(H,23,24)(H,25,26)(H,17,18,19). The van der Waals surface area contributed by atoms with Crippen molar-refractivity contribution in [2.75, 3.05) is 36.5 Å². The number of aromatic nitrogens is 2. The molecule has 0 saturated carbocycles. The van der Waals surface area contributed by atoms with Crippen LogP contribution in [-0.4, -0.2) is 68.6 Å². The summed E-state index contributed by atoms with van der Waals surface area (Å²) in [5.74, 6) is -2.94. The van der Waals surface area contributed by atoms with E-state index in [0.717, 1.165) is 6.20 Å². The number of carboxylic acids is 2. The van der Waals surface area contributed by atoms with Crippen molar-refractivity contribution < 1.29 is 30.0 Å². The van der Waals surface area contributed by atoms with Crippen LogP contribution >= 0.6 is 0 Å². The minimum Gasteiger partial charge on any atom is -0.477 e. The van der Waals surface area contributed by atoms with E-state index in [2.05, 4.69) is 15.3 Å². The number of hydrogen-bond acceptors (Lipinski definition) is 8. The molecule has 138 valence electrons. The molecule has 0 aliphatic carbocycles. The number of fused-ring (bicyclic) bond motifs is 1. The second kappa shape index (κ2) is 8.74. The lowest BCUT2D eigenvalue weighted by molar-refractivity contribution is -0.140. The predicted molar refractivity (Wildman–Crippen MR) is 92.9 cm³/mol. The SMILES string of the molecule is O=C(O)C(=CNc1ncnc2ccc(N(CCO)CCO)cc12)C(=O)O. The summed E-state index contributed by atoms with van der Waals surface area (Å²) in [5, 5.41) is 39.2. The fourth-order valence-corrected chi connectivity index (χ4v) is 2.32. The number of carboxylic acid groups (broad SMARTS) is 2. The van der Waals surface area contributed by atoms with Gasteiger partial charge in [0.1, 0.15) is 12.1 Å². The highest BCUT2D eigenvalue weighted by atomic mass is 16.4. The minimum absolute atomic E-state index is 0.0994. The van der Waals surface area contributed by atoms with Crippen LogP contribution in [0.25, 0.3) is 10.9 Å². The van der Waals surface area contributed by atoms with E-state index >= 15 is 0 Å². The molecule has 0 aliphatic heterocycles. The Balaban J connectivity index is 2.44. The van der Waals surface area contributed by atoms with Crippen molar-refractivity contribution in [3.63, 3.8) is 0 Å². The molecule has 26 heavy (non-hydrogen) atoms. The van der Waals surface area contributed by atoms with Gasteiger partial charge in [0, 0.05) is 30.4 Å². The van der Waals surface area contributed by atoms with Gasteiger partial charge >= 0.3 is 11.9 Å². The third kappa shape index (κ3) is 4.43. The summed E-state index contributed by atoms with van der Waals surface area (Å²) in [6.45, 7) is 0.421. The zero-order chi connectivity index (χ0) is 19.1. The fourth-order valence-electron chi connectivity index (χ4n) is 2.32. The molecule has 10 heteroatoms. The molecular formula is C16H18N4O6. The molecule has 2 aromatic rings. The van der Waals surface area contributed by atoms with E-state index in [1.807, 2.05) is 0 Å². The maximum absolute atomic E-state index is 10.9. The quantitative estimate of drug-likeness (QED) is 0.231. The first kappa shape index (κ1) is 19.1. The Morgan fingerprint density at radius 2 is 1.73 bits per heavy atom. The molecule has 0 bridgehead atoms. The first-order valence-electron chi connectivity index (χ1n) is 7.62. The molecule has 1 heterocycles. The Labute approximate surface area is 148 Å². The molecule has 10 nitrogen and oxygen atoms in total. The van der Waals surface area contributed by atoms with Gasteiger partial charge in [-0.1, -0.05) is 0 Å². The van der Waals surface area contributed by atoms with Crippen LogP contribution in [0, 0.1) is 0 Å². The van der Waals surface area contributed by atoms with Crippen LogP contribution in [0.2, 0.25) is 0 Å². The van der Waals surface area contributed by atoms with Gasteiger partial charge < -0.3 is 30.6 Å². The number of carbonyl (C=O) groups is 2. The zero-order valence-electron chi connectivity index (χ0n) is 13.7. The lowest BCUT2D eigenvalue weighted by atomic mass is 10.2. The van der Waals surface area contributed by atoms with Crippen molar-refractivity contribution in [1.29, 1.82) is 0 Å². The van der Waals surface area contributed by atoms with Gasteiger partial charge in [-0.25, -0.2) is 19.6 Å². The van der Waals surface area contributed by atoms with Crippen LogP contribution in [0.5, 0.6) is 0 Å². The lowest BCUT2D eigenvalue weighted by Crippen LogP contribution is -2.29. The first-order chi connectivity index (χ1) is 12.5. The largest absolute Gasteiger partial charge is 0.477 e. The van der Waals surface area contributed by atoms with Crippen LogP contribution in [0.1, 0.15) is 0 Å². The molecule has 0 spiro atoms. The number of aliphatic carboxylic acids is 2. The molecule has 1 aromatic heterocycles. The Kier molecular flexibility index (Phi) is 6.42. The zero-order valence-corrected chi connectivity index (χ0v) is 13.7. The number of aliphatic hydroxyl groups is 2. The highest BCUT2D eigenvalue weighted by Gasteiger charge is 2.16. The van der Waals surface area contributed by atoms with Gasteiger partial charge in [0.2, 0.25) is 0 Å². The van der Waals surface area contributed by atoms with Crippen molar-refractivity contribution >= 4 is 34.3 Å². The second-order valence-corrected chi connectivity index (χ2v) is 5.17. The van der Waals surface area contributed by atoms with Crippen LogP contribution in [0.15, 0.2) is 36.3 Å². The lowest BCUT2D eigenvalue weighted by Gasteiger charge is -2.23. The van der Waals surface area contributed by atoms with Crippen LogP contribution in [0.4, 0.5) is 11.5 Å². The number of nitrogens with one attached hydrogen (secondary N) is 1. The Morgan fingerprint density at radius 1 is 1.08 bits per heavy atom. The van der Waals surface area contributed by atoms with Crippen molar-refractivity contribution in [3.05, 3.63) is 36.3 Å². The summed E-state index contributed by atoms with van der Waals surface area (Å²) in [5.41, 5.74) is 0.411.